The fraction of sp³-hybridized carbons (Fsp3) is 0.467. The molecule has 3 atom stereocenters. The van der Waals surface area contributed by atoms with Gasteiger partial charge >= 0.3 is 0 Å². The molecule has 0 spiro atoms. The van der Waals surface area contributed by atoms with E-state index in [2.05, 4.69) is 52.1 Å². The number of benzene rings is 1. The Hall–Kier alpha value is -0.910. The minimum absolute atomic E-state index is 0.573. The summed E-state index contributed by atoms with van der Waals surface area (Å²) in [6, 6.07) is 11.5. The molecule has 1 heterocycles. The average Bonchev–Trinajstić information content (AvgIpc) is 3.01. The van der Waals surface area contributed by atoms with Gasteiger partial charge in [0.1, 0.15) is 6.33 Å². The van der Waals surface area contributed by atoms with Crippen molar-refractivity contribution in [2.75, 3.05) is 7.05 Å². The molecular weight excluding hydrogens is 286 g/mol. The van der Waals surface area contributed by atoms with Gasteiger partial charge < -0.3 is 5.32 Å². The van der Waals surface area contributed by atoms with Crippen LogP contribution in [0.3, 0.4) is 0 Å². The van der Waals surface area contributed by atoms with E-state index in [4.69, 9.17) is 0 Å². The highest BCUT2D eigenvalue weighted by Gasteiger charge is 2.31. The van der Waals surface area contributed by atoms with Gasteiger partial charge in [0, 0.05) is 11.3 Å². The van der Waals surface area contributed by atoms with Crippen LogP contribution in [-0.4, -0.2) is 27.7 Å². The average molecular weight is 305 g/mol. The highest BCUT2D eigenvalue weighted by molar-refractivity contribution is 8.01. The van der Waals surface area contributed by atoms with Gasteiger partial charge in [0.2, 0.25) is 0 Å². The summed E-state index contributed by atoms with van der Waals surface area (Å²) in [5, 5.41) is 4.05. The van der Waals surface area contributed by atoms with Crippen LogP contribution in [0, 0.1) is 0 Å². The van der Waals surface area contributed by atoms with E-state index in [1.165, 1.54) is 36.4 Å². The van der Waals surface area contributed by atoms with E-state index in [-0.39, 0.29) is 0 Å². The zero-order chi connectivity index (χ0) is 13.8. The lowest BCUT2D eigenvalue weighted by Crippen LogP contribution is -2.40. The van der Waals surface area contributed by atoms with E-state index in [1.54, 1.807) is 6.33 Å². The third-order valence-electron chi connectivity index (χ3n) is 4.03. The quantitative estimate of drug-likeness (QED) is 0.937. The Bertz CT molecular complexity index is 515. The minimum atomic E-state index is 0.573. The van der Waals surface area contributed by atoms with Crippen LogP contribution in [0.2, 0.25) is 0 Å². The predicted molar refractivity (Wildman–Crippen MR) is 85.4 cm³/mol. The summed E-state index contributed by atoms with van der Waals surface area (Å²) < 4.78 is 5.19. The third-order valence-corrected chi connectivity index (χ3v) is 6.13. The van der Waals surface area contributed by atoms with Gasteiger partial charge in [-0.3, -0.25) is 0 Å². The molecule has 3 nitrogen and oxygen atoms in total. The number of rotatable bonds is 4. The lowest BCUT2D eigenvalue weighted by atomic mass is 9.81. The van der Waals surface area contributed by atoms with Crippen LogP contribution in [-0.2, 0) is 0 Å². The summed E-state index contributed by atoms with van der Waals surface area (Å²) in [6.07, 6.45) is 5.36. The molecule has 106 valence electrons. The lowest BCUT2D eigenvalue weighted by Gasteiger charge is -2.35. The van der Waals surface area contributed by atoms with Gasteiger partial charge in [-0.2, -0.15) is 4.37 Å². The van der Waals surface area contributed by atoms with Gasteiger partial charge in [0.25, 0.3) is 0 Å². The van der Waals surface area contributed by atoms with Crippen LogP contribution in [0.1, 0.15) is 30.7 Å². The topological polar surface area (TPSA) is 37.8 Å². The van der Waals surface area contributed by atoms with Crippen molar-refractivity contribution in [2.45, 2.75) is 40.8 Å². The summed E-state index contributed by atoms with van der Waals surface area (Å²) in [5.74, 6) is 0.672. The zero-order valence-corrected chi connectivity index (χ0v) is 13.2. The molecule has 0 aliphatic heterocycles. The van der Waals surface area contributed by atoms with Crippen molar-refractivity contribution in [3.05, 3.63) is 42.2 Å². The molecule has 2 aromatic rings. The fourth-order valence-corrected chi connectivity index (χ4v) is 5.04. The van der Waals surface area contributed by atoms with E-state index in [0.29, 0.717) is 17.2 Å². The molecule has 1 aromatic heterocycles. The van der Waals surface area contributed by atoms with Crippen molar-refractivity contribution >= 4 is 23.3 Å². The highest BCUT2D eigenvalue weighted by atomic mass is 32.2. The molecule has 1 fully saturated rings. The van der Waals surface area contributed by atoms with E-state index in [1.807, 2.05) is 11.8 Å². The van der Waals surface area contributed by atoms with Crippen LogP contribution < -0.4 is 5.32 Å². The Morgan fingerprint density at radius 3 is 2.80 bits per heavy atom. The second kappa shape index (κ2) is 6.70. The van der Waals surface area contributed by atoms with Crippen LogP contribution in [0.25, 0.3) is 0 Å². The SMILES string of the molecule is CNC1CCC(c2ccccc2)CC1Sc1ncns1. The van der Waals surface area contributed by atoms with Gasteiger partial charge in [0.05, 0.1) is 0 Å². The Kier molecular flexibility index (Phi) is 4.70. The molecule has 1 aromatic carbocycles. The van der Waals surface area contributed by atoms with E-state index >= 15 is 0 Å². The highest BCUT2D eigenvalue weighted by Crippen LogP contribution is 2.40. The fourth-order valence-electron chi connectivity index (χ4n) is 2.96. The molecule has 0 saturated heterocycles. The van der Waals surface area contributed by atoms with Gasteiger partial charge in [-0.05, 0) is 49.3 Å². The molecule has 1 aliphatic carbocycles. The second-order valence-electron chi connectivity index (χ2n) is 5.18. The van der Waals surface area contributed by atoms with Crippen molar-refractivity contribution in [1.29, 1.82) is 0 Å². The van der Waals surface area contributed by atoms with Gasteiger partial charge in [-0.1, -0.05) is 42.1 Å². The Balaban J connectivity index is 1.72. The summed E-state index contributed by atoms with van der Waals surface area (Å²) in [6.45, 7) is 0. The first-order chi connectivity index (χ1) is 9.86. The largest absolute Gasteiger partial charge is 0.316 e. The number of thioether (sulfide) groups is 1. The maximum Gasteiger partial charge on any atom is 0.170 e. The standard InChI is InChI=1S/C15H19N3S2/c1-16-13-8-7-12(11-5-3-2-4-6-11)9-14(13)19-15-17-10-18-20-15/h2-6,10,12-14,16H,7-9H2,1H3. The number of nitrogens with one attached hydrogen (secondary N) is 1. The van der Waals surface area contributed by atoms with E-state index < -0.39 is 0 Å². The summed E-state index contributed by atoms with van der Waals surface area (Å²) >= 11 is 3.38. The molecule has 1 aliphatic rings. The summed E-state index contributed by atoms with van der Waals surface area (Å²) in [5.41, 5.74) is 1.48. The normalized spacial score (nSPS) is 26.6. The maximum atomic E-state index is 4.32. The molecule has 0 radical (unpaired) electrons. The molecule has 5 heteroatoms. The minimum Gasteiger partial charge on any atom is -0.316 e. The van der Waals surface area contributed by atoms with Crippen LogP contribution in [0.5, 0.6) is 0 Å². The van der Waals surface area contributed by atoms with Gasteiger partial charge in [-0.25, -0.2) is 4.98 Å². The third kappa shape index (κ3) is 3.22. The van der Waals surface area contributed by atoms with Crippen LogP contribution >= 0.6 is 23.3 Å². The van der Waals surface area contributed by atoms with Crippen molar-refractivity contribution in [2.24, 2.45) is 0 Å². The van der Waals surface area contributed by atoms with Crippen molar-refractivity contribution in [3.8, 4) is 0 Å². The van der Waals surface area contributed by atoms with E-state index in [9.17, 15) is 0 Å². The van der Waals surface area contributed by atoms with Crippen LogP contribution in [0.4, 0.5) is 0 Å². The maximum absolute atomic E-state index is 4.32. The smallest absolute Gasteiger partial charge is 0.170 e. The summed E-state index contributed by atoms with van der Waals surface area (Å²) in [4.78, 5) is 4.32. The molecule has 3 rings (SSSR count). The Morgan fingerprint density at radius 2 is 2.10 bits per heavy atom. The molecule has 20 heavy (non-hydrogen) atoms. The zero-order valence-electron chi connectivity index (χ0n) is 11.5. The first-order valence-corrected chi connectivity index (χ1v) is 8.67. The molecule has 1 saturated carbocycles. The van der Waals surface area contributed by atoms with E-state index in [0.717, 1.165) is 4.34 Å². The number of aromatic nitrogens is 2. The number of hydrogen-bond donors (Lipinski definition) is 1. The monoisotopic (exact) mass is 305 g/mol. The first kappa shape index (κ1) is 14.0. The van der Waals surface area contributed by atoms with Crippen molar-refractivity contribution in [3.63, 3.8) is 0 Å². The molecular formula is C15H19N3S2. The van der Waals surface area contributed by atoms with Crippen molar-refractivity contribution < 1.29 is 0 Å². The number of nitrogens with zero attached hydrogens (tertiary/aromatic N) is 2. The number of hydrogen-bond acceptors (Lipinski definition) is 5. The second-order valence-corrected chi connectivity index (χ2v) is 7.45. The summed E-state index contributed by atoms with van der Waals surface area (Å²) in [7, 11) is 2.07. The molecule has 0 amide bonds. The van der Waals surface area contributed by atoms with Gasteiger partial charge in [-0.15, -0.1) is 0 Å². The predicted octanol–water partition coefficient (Wildman–Crippen LogP) is 3.55. The van der Waals surface area contributed by atoms with Crippen molar-refractivity contribution in [1.82, 2.24) is 14.7 Å². The Morgan fingerprint density at radius 1 is 1.25 bits per heavy atom. The Labute approximate surface area is 128 Å². The molecule has 1 N–H and O–H groups in total. The van der Waals surface area contributed by atoms with Gasteiger partial charge in [0.15, 0.2) is 4.34 Å². The lowest BCUT2D eigenvalue weighted by molar-refractivity contribution is 0.369. The van der Waals surface area contributed by atoms with Crippen LogP contribution in [0.15, 0.2) is 41.0 Å². The first-order valence-electron chi connectivity index (χ1n) is 7.02. The molecule has 0 bridgehead atoms. The molecule has 3 unspecified atom stereocenters.